The molecule has 1 fully saturated rings. The van der Waals surface area contributed by atoms with Crippen molar-refractivity contribution >= 4 is 0 Å². The van der Waals surface area contributed by atoms with Crippen LogP contribution < -0.4 is 5.73 Å². The highest BCUT2D eigenvalue weighted by molar-refractivity contribution is 5.25. The summed E-state index contributed by atoms with van der Waals surface area (Å²) in [4.78, 5) is 9.06. The van der Waals surface area contributed by atoms with Crippen molar-refractivity contribution in [3.63, 3.8) is 0 Å². The van der Waals surface area contributed by atoms with E-state index in [2.05, 4.69) is 48.9 Å². The minimum Gasteiger partial charge on any atom is -0.329 e. The molecule has 112 valence electrons. The van der Waals surface area contributed by atoms with Crippen molar-refractivity contribution in [2.24, 2.45) is 5.73 Å². The van der Waals surface area contributed by atoms with Crippen LogP contribution in [0.15, 0.2) is 18.5 Å². The molecule has 4 nitrogen and oxygen atoms in total. The summed E-state index contributed by atoms with van der Waals surface area (Å²) >= 11 is 0. The van der Waals surface area contributed by atoms with Gasteiger partial charge in [-0.2, -0.15) is 0 Å². The maximum Gasteiger partial charge on any atom is 0.0486 e. The molecule has 1 saturated carbocycles. The van der Waals surface area contributed by atoms with Gasteiger partial charge in [0.2, 0.25) is 0 Å². The van der Waals surface area contributed by atoms with E-state index in [0.717, 1.165) is 6.54 Å². The fraction of sp³-hybridized carbons (Fsp3) is 0.688. The van der Waals surface area contributed by atoms with Gasteiger partial charge in [-0.15, -0.1) is 0 Å². The number of likely N-dealkylation sites (N-methyl/N-ethyl adjacent to an activating group) is 2. The maximum atomic E-state index is 6.05. The van der Waals surface area contributed by atoms with Crippen molar-refractivity contribution in [2.75, 3.05) is 34.2 Å². The van der Waals surface area contributed by atoms with Gasteiger partial charge in [0.05, 0.1) is 0 Å². The summed E-state index contributed by atoms with van der Waals surface area (Å²) in [5.74, 6) is 0. The predicted octanol–water partition coefficient (Wildman–Crippen LogP) is 1.81. The van der Waals surface area contributed by atoms with Crippen LogP contribution in [0.2, 0.25) is 0 Å². The minimum atomic E-state index is 0.251. The van der Waals surface area contributed by atoms with Crippen molar-refractivity contribution in [1.29, 1.82) is 0 Å². The Morgan fingerprint density at radius 3 is 2.50 bits per heavy atom. The fourth-order valence-electron chi connectivity index (χ4n) is 3.28. The first kappa shape index (κ1) is 15.4. The van der Waals surface area contributed by atoms with Gasteiger partial charge in [-0.05, 0) is 64.5 Å². The average Bonchev–Trinajstić information content (AvgIpc) is 2.36. The smallest absolute Gasteiger partial charge is 0.0486 e. The normalized spacial score (nSPS) is 19.1. The number of hydrogen-bond donors (Lipinski definition) is 1. The first-order valence-electron chi connectivity index (χ1n) is 7.48. The third-order valence-electron chi connectivity index (χ3n) is 4.97. The quantitative estimate of drug-likeness (QED) is 0.860. The number of pyridine rings is 1. The molecule has 2 rings (SSSR count). The molecule has 0 aliphatic heterocycles. The number of aromatic nitrogens is 1. The molecule has 0 saturated heterocycles. The molecule has 1 aliphatic rings. The highest BCUT2D eigenvalue weighted by Gasteiger charge is 2.40. The highest BCUT2D eigenvalue weighted by atomic mass is 15.2. The molecular weight excluding hydrogens is 248 g/mol. The molecule has 0 spiro atoms. The lowest BCUT2D eigenvalue weighted by Gasteiger charge is -2.50. The van der Waals surface area contributed by atoms with Gasteiger partial charge in [-0.1, -0.05) is 0 Å². The standard InChI is InChI=1S/C16H28N4/c1-13-6-9-18-11-14(13)15(10-17)20(4)12-16(19(2)3)7-5-8-16/h6,9,11,15H,5,7-8,10,12,17H2,1-4H3. The molecule has 0 aromatic carbocycles. The summed E-state index contributed by atoms with van der Waals surface area (Å²) in [6, 6.07) is 2.32. The van der Waals surface area contributed by atoms with Crippen LogP contribution in [0.25, 0.3) is 0 Å². The molecule has 1 aliphatic carbocycles. The monoisotopic (exact) mass is 276 g/mol. The minimum absolute atomic E-state index is 0.251. The number of hydrogen-bond acceptors (Lipinski definition) is 4. The largest absolute Gasteiger partial charge is 0.329 e. The molecule has 1 aromatic rings. The second kappa shape index (κ2) is 6.20. The summed E-state index contributed by atoms with van der Waals surface area (Å²) in [5.41, 5.74) is 8.91. The summed E-state index contributed by atoms with van der Waals surface area (Å²) in [7, 11) is 6.58. The molecule has 1 unspecified atom stereocenters. The third-order valence-corrected chi connectivity index (χ3v) is 4.97. The van der Waals surface area contributed by atoms with E-state index in [-0.39, 0.29) is 6.04 Å². The molecule has 4 heteroatoms. The van der Waals surface area contributed by atoms with Crippen LogP contribution in [-0.4, -0.2) is 54.6 Å². The number of nitrogens with two attached hydrogens (primary N) is 1. The van der Waals surface area contributed by atoms with Crippen LogP contribution in [0.1, 0.15) is 36.4 Å². The SMILES string of the molecule is Cc1ccncc1C(CN)N(C)CC1(N(C)C)CCC1. The van der Waals surface area contributed by atoms with Crippen molar-refractivity contribution in [3.8, 4) is 0 Å². The van der Waals surface area contributed by atoms with Crippen LogP contribution in [0, 0.1) is 6.92 Å². The fourth-order valence-corrected chi connectivity index (χ4v) is 3.28. The zero-order valence-corrected chi connectivity index (χ0v) is 13.3. The molecule has 0 bridgehead atoms. The molecule has 2 N–H and O–H groups in total. The van der Waals surface area contributed by atoms with Gasteiger partial charge in [0, 0.05) is 37.1 Å². The maximum absolute atomic E-state index is 6.05. The van der Waals surface area contributed by atoms with Crippen LogP contribution in [-0.2, 0) is 0 Å². The van der Waals surface area contributed by atoms with E-state index < -0.39 is 0 Å². The average molecular weight is 276 g/mol. The Bertz CT molecular complexity index is 440. The van der Waals surface area contributed by atoms with Gasteiger partial charge >= 0.3 is 0 Å². The number of rotatable bonds is 6. The van der Waals surface area contributed by atoms with E-state index in [0.29, 0.717) is 12.1 Å². The Balaban J connectivity index is 2.14. The molecule has 1 aromatic heterocycles. The van der Waals surface area contributed by atoms with Crippen LogP contribution >= 0.6 is 0 Å². The van der Waals surface area contributed by atoms with Gasteiger partial charge in [0.15, 0.2) is 0 Å². The molecular formula is C16H28N4. The zero-order valence-electron chi connectivity index (χ0n) is 13.3. The second-order valence-electron chi connectivity index (χ2n) is 6.37. The summed E-state index contributed by atoms with van der Waals surface area (Å²) in [6.45, 7) is 3.83. The number of aryl methyl sites for hydroxylation is 1. The first-order valence-corrected chi connectivity index (χ1v) is 7.48. The zero-order chi connectivity index (χ0) is 14.8. The summed E-state index contributed by atoms with van der Waals surface area (Å²) < 4.78 is 0. The predicted molar refractivity (Wildman–Crippen MR) is 83.7 cm³/mol. The Morgan fingerprint density at radius 1 is 1.35 bits per heavy atom. The van der Waals surface area contributed by atoms with Gasteiger partial charge in [-0.3, -0.25) is 9.88 Å². The third kappa shape index (κ3) is 2.87. The van der Waals surface area contributed by atoms with Gasteiger partial charge < -0.3 is 10.6 Å². The van der Waals surface area contributed by atoms with Crippen molar-refractivity contribution in [3.05, 3.63) is 29.6 Å². The van der Waals surface area contributed by atoms with E-state index in [1.165, 1.54) is 30.4 Å². The van der Waals surface area contributed by atoms with Crippen molar-refractivity contribution < 1.29 is 0 Å². The van der Waals surface area contributed by atoms with E-state index in [1.54, 1.807) is 0 Å². The Morgan fingerprint density at radius 2 is 2.05 bits per heavy atom. The second-order valence-corrected chi connectivity index (χ2v) is 6.37. The Hall–Kier alpha value is -0.970. The molecule has 1 atom stereocenters. The summed E-state index contributed by atoms with van der Waals surface area (Å²) in [5, 5.41) is 0. The van der Waals surface area contributed by atoms with Gasteiger partial charge in [0.1, 0.15) is 0 Å². The van der Waals surface area contributed by atoms with Gasteiger partial charge in [-0.25, -0.2) is 0 Å². The number of nitrogens with zero attached hydrogens (tertiary/aromatic N) is 3. The van der Waals surface area contributed by atoms with Crippen molar-refractivity contribution in [2.45, 2.75) is 37.8 Å². The summed E-state index contributed by atoms with van der Waals surface area (Å²) in [6.07, 6.45) is 7.72. The van der Waals surface area contributed by atoms with E-state index in [4.69, 9.17) is 5.73 Å². The molecule has 0 radical (unpaired) electrons. The topological polar surface area (TPSA) is 45.4 Å². The molecule has 20 heavy (non-hydrogen) atoms. The van der Waals surface area contributed by atoms with Crippen molar-refractivity contribution in [1.82, 2.24) is 14.8 Å². The highest BCUT2D eigenvalue weighted by Crippen LogP contribution is 2.38. The van der Waals surface area contributed by atoms with Gasteiger partial charge in [0.25, 0.3) is 0 Å². The molecule has 1 heterocycles. The van der Waals surface area contributed by atoms with Crippen LogP contribution in [0.3, 0.4) is 0 Å². The Kier molecular flexibility index (Phi) is 4.78. The lowest BCUT2D eigenvalue weighted by molar-refractivity contribution is 0.0167. The first-order chi connectivity index (χ1) is 9.50. The lowest BCUT2D eigenvalue weighted by Crippen LogP contribution is -2.57. The lowest BCUT2D eigenvalue weighted by atomic mass is 9.75. The van der Waals surface area contributed by atoms with E-state index in [1.807, 2.05) is 12.4 Å². The molecule has 0 amide bonds. The van der Waals surface area contributed by atoms with E-state index >= 15 is 0 Å². The van der Waals surface area contributed by atoms with Crippen LogP contribution in [0.5, 0.6) is 0 Å². The van der Waals surface area contributed by atoms with E-state index in [9.17, 15) is 0 Å². The Labute approximate surface area is 123 Å². The van der Waals surface area contributed by atoms with Crippen LogP contribution in [0.4, 0.5) is 0 Å².